The predicted octanol–water partition coefficient (Wildman–Crippen LogP) is 5.36. The Hall–Kier alpha value is -2.94. The van der Waals surface area contributed by atoms with Gasteiger partial charge in [0.2, 0.25) is 5.82 Å². The van der Waals surface area contributed by atoms with Crippen LogP contribution in [0.15, 0.2) is 30.5 Å². The van der Waals surface area contributed by atoms with Crippen molar-refractivity contribution in [1.29, 1.82) is 0 Å². The predicted molar refractivity (Wildman–Crippen MR) is 121 cm³/mol. The van der Waals surface area contributed by atoms with Crippen LogP contribution in [0.4, 0.5) is 13.2 Å². The van der Waals surface area contributed by atoms with Gasteiger partial charge >= 0.3 is 12.1 Å². The minimum absolute atomic E-state index is 0.0595. The van der Waals surface area contributed by atoms with Gasteiger partial charge in [-0.25, -0.2) is 0 Å². The van der Waals surface area contributed by atoms with Crippen molar-refractivity contribution in [3.8, 4) is 0 Å². The van der Waals surface area contributed by atoms with Gasteiger partial charge in [0, 0.05) is 12.1 Å². The van der Waals surface area contributed by atoms with Crippen LogP contribution >= 0.6 is 0 Å². The van der Waals surface area contributed by atoms with Gasteiger partial charge in [0.1, 0.15) is 5.60 Å². The molecule has 1 aromatic carbocycles. The molecule has 3 rings (SSSR count). The summed E-state index contributed by atoms with van der Waals surface area (Å²) in [6, 6.07) is 7.10. The Morgan fingerprint density at radius 1 is 1.09 bits per heavy atom. The third-order valence-corrected chi connectivity index (χ3v) is 5.96. The van der Waals surface area contributed by atoms with Crippen LogP contribution < -0.4 is 0 Å². The zero-order chi connectivity index (χ0) is 25.6. The van der Waals surface area contributed by atoms with E-state index >= 15 is 0 Å². The molecular formula is C25H30F3N3O3. The summed E-state index contributed by atoms with van der Waals surface area (Å²) in [5.41, 5.74) is 1.64. The number of carbonyl (C=O) groups is 1. The molecule has 0 aliphatic carbocycles. The fourth-order valence-corrected chi connectivity index (χ4v) is 4.16. The average Bonchev–Trinajstić information content (AvgIpc) is 3.15. The fraction of sp³-hybridized carbons (Fsp3) is 0.480. The number of pyridine rings is 1. The lowest BCUT2D eigenvalue weighted by atomic mass is 9.70. The van der Waals surface area contributed by atoms with Gasteiger partial charge in [0.15, 0.2) is 5.65 Å². The molecule has 184 valence electrons. The molecule has 1 atom stereocenters. The van der Waals surface area contributed by atoms with Crippen molar-refractivity contribution in [3.63, 3.8) is 0 Å². The van der Waals surface area contributed by atoms with Crippen LogP contribution in [0, 0.1) is 19.3 Å². The van der Waals surface area contributed by atoms with Crippen LogP contribution in [-0.4, -0.2) is 31.3 Å². The minimum atomic E-state index is -4.66. The molecule has 2 heterocycles. The molecular weight excluding hydrogens is 447 g/mol. The van der Waals surface area contributed by atoms with Gasteiger partial charge < -0.3 is 9.84 Å². The second-order valence-electron chi connectivity index (χ2n) is 10.1. The van der Waals surface area contributed by atoms with E-state index in [1.54, 1.807) is 47.6 Å². The summed E-state index contributed by atoms with van der Waals surface area (Å²) in [4.78, 5) is 13.3. The normalized spacial score (nSPS) is 13.9. The number of halogens is 3. The number of nitrogens with zero attached hydrogens (tertiary/aromatic N) is 3. The summed E-state index contributed by atoms with van der Waals surface area (Å²) in [5, 5.41) is 17.0. The number of benzene rings is 1. The molecule has 0 saturated carbocycles. The first-order valence-corrected chi connectivity index (χ1v) is 10.9. The Morgan fingerprint density at radius 2 is 1.74 bits per heavy atom. The number of fused-ring (bicyclic) bond motifs is 1. The molecule has 0 radical (unpaired) electrons. The van der Waals surface area contributed by atoms with Crippen molar-refractivity contribution in [1.82, 2.24) is 14.6 Å². The van der Waals surface area contributed by atoms with Gasteiger partial charge in [-0.15, -0.1) is 10.2 Å². The number of aliphatic hydroxyl groups is 1. The van der Waals surface area contributed by atoms with Gasteiger partial charge in [-0.05, 0) is 82.3 Å². The standard InChI is InChI=1S/C25H30F3N3O3/c1-14-8-9-16(12-17(14)13-32)19(24(6,7)22(33)34-23(3,4)5)18-10-11-31-20(15(18)2)29-30-21(31)25(26,27)28/h8-12,19,32H,13H2,1-7H3/t19-/m0/s1. The van der Waals surface area contributed by atoms with Crippen molar-refractivity contribution < 1.29 is 27.8 Å². The second-order valence-corrected chi connectivity index (χ2v) is 10.1. The number of carbonyl (C=O) groups excluding carboxylic acids is 1. The van der Waals surface area contributed by atoms with Gasteiger partial charge in [-0.2, -0.15) is 13.2 Å². The fourth-order valence-electron chi connectivity index (χ4n) is 4.16. The first-order chi connectivity index (χ1) is 15.6. The quantitative estimate of drug-likeness (QED) is 0.501. The number of aromatic nitrogens is 3. The number of hydrogen-bond donors (Lipinski definition) is 1. The molecule has 1 N–H and O–H groups in total. The SMILES string of the molecule is Cc1ccc([C@@H](c2ccn3c(C(F)(F)F)nnc3c2C)C(C)(C)C(=O)OC(C)(C)C)cc1CO. The molecule has 0 aliphatic heterocycles. The second kappa shape index (κ2) is 8.69. The van der Waals surface area contributed by atoms with Crippen molar-refractivity contribution >= 4 is 11.6 Å². The number of aliphatic hydroxyl groups excluding tert-OH is 1. The van der Waals surface area contributed by atoms with E-state index in [-0.39, 0.29) is 12.3 Å². The molecule has 34 heavy (non-hydrogen) atoms. The van der Waals surface area contributed by atoms with E-state index in [1.165, 1.54) is 6.20 Å². The topological polar surface area (TPSA) is 76.7 Å². The number of alkyl halides is 3. The molecule has 6 nitrogen and oxygen atoms in total. The first-order valence-electron chi connectivity index (χ1n) is 10.9. The monoisotopic (exact) mass is 477 g/mol. The highest BCUT2D eigenvalue weighted by Crippen LogP contribution is 2.45. The number of aryl methyl sites for hydroxylation is 2. The maximum atomic E-state index is 13.4. The molecule has 0 amide bonds. The minimum Gasteiger partial charge on any atom is -0.460 e. The lowest BCUT2D eigenvalue weighted by Gasteiger charge is -2.36. The van der Waals surface area contributed by atoms with Crippen molar-refractivity contribution in [2.45, 2.75) is 72.8 Å². The molecule has 0 bridgehead atoms. The van der Waals surface area contributed by atoms with E-state index in [4.69, 9.17) is 4.74 Å². The van der Waals surface area contributed by atoms with E-state index in [2.05, 4.69) is 10.2 Å². The van der Waals surface area contributed by atoms with E-state index in [1.807, 2.05) is 25.1 Å². The summed E-state index contributed by atoms with van der Waals surface area (Å²) in [6.45, 7) is 12.2. The van der Waals surface area contributed by atoms with E-state index < -0.39 is 34.9 Å². The average molecular weight is 478 g/mol. The number of esters is 1. The largest absolute Gasteiger partial charge is 0.460 e. The van der Waals surface area contributed by atoms with Crippen molar-refractivity contribution in [3.05, 3.63) is 64.1 Å². The van der Waals surface area contributed by atoms with Gasteiger partial charge in [0.25, 0.3) is 0 Å². The number of rotatable bonds is 5. The molecule has 3 aromatic rings. The first kappa shape index (κ1) is 25.7. The smallest absolute Gasteiger partial charge is 0.452 e. The van der Waals surface area contributed by atoms with Gasteiger partial charge in [0.05, 0.1) is 12.0 Å². The van der Waals surface area contributed by atoms with E-state index in [0.717, 1.165) is 15.5 Å². The summed E-state index contributed by atoms with van der Waals surface area (Å²) in [6.07, 6.45) is -3.38. The lowest BCUT2D eigenvalue weighted by Crippen LogP contribution is -2.38. The van der Waals surface area contributed by atoms with Crippen LogP contribution in [0.5, 0.6) is 0 Å². The zero-order valence-electron chi connectivity index (χ0n) is 20.4. The Labute approximate surface area is 196 Å². The molecule has 0 spiro atoms. The maximum absolute atomic E-state index is 13.4. The van der Waals surface area contributed by atoms with Crippen LogP contribution in [0.3, 0.4) is 0 Å². The zero-order valence-corrected chi connectivity index (χ0v) is 20.4. The highest BCUT2D eigenvalue weighted by molar-refractivity contribution is 5.79. The van der Waals surface area contributed by atoms with Gasteiger partial charge in [-0.3, -0.25) is 9.20 Å². The van der Waals surface area contributed by atoms with Gasteiger partial charge in [-0.1, -0.05) is 18.2 Å². The third kappa shape index (κ3) is 4.80. The summed E-state index contributed by atoms with van der Waals surface area (Å²) < 4.78 is 46.7. The molecule has 0 saturated heterocycles. The highest BCUT2D eigenvalue weighted by atomic mass is 19.4. The highest BCUT2D eigenvalue weighted by Gasteiger charge is 2.43. The Balaban J connectivity index is 2.27. The summed E-state index contributed by atoms with van der Waals surface area (Å²) >= 11 is 0. The summed E-state index contributed by atoms with van der Waals surface area (Å²) in [7, 11) is 0. The maximum Gasteiger partial charge on any atom is 0.452 e. The Kier molecular flexibility index (Phi) is 6.56. The number of hydrogen-bond acceptors (Lipinski definition) is 5. The lowest BCUT2D eigenvalue weighted by molar-refractivity contribution is -0.166. The molecule has 2 aromatic heterocycles. The summed E-state index contributed by atoms with van der Waals surface area (Å²) in [5.74, 6) is -2.16. The van der Waals surface area contributed by atoms with E-state index in [9.17, 15) is 23.1 Å². The van der Waals surface area contributed by atoms with Crippen molar-refractivity contribution in [2.24, 2.45) is 5.41 Å². The van der Waals surface area contributed by atoms with Crippen LogP contribution in [0.25, 0.3) is 5.65 Å². The Bertz CT molecular complexity index is 1220. The van der Waals surface area contributed by atoms with Crippen LogP contribution in [0.2, 0.25) is 0 Å². The Morgan fingerprint density at radius 3 is 2.29 bits per heavy atom. The number of ether oxygens (including phenoxy) is 1. The van der Waals surface area contributed by atoms with Crippen LogP contribution in [0.1, 0.15) is 74.2 Å². The van der Waals surface area contributed by atoms with Crippen LogP contribution in [-0.2, 0) is 22.3 Å². The molecule has 0 aliphatic rings. The molecule has 9 heteroatoms. The van der Waals surface area contributed by atoms with Crippen molar-refractivity contribution in [2.75, 3.05) is 0 Å². The molecule has 0 fully saturated rings. The molecule has 0 unspecified atom stereocenters. The third-order valence-electron chi connectivity index (χ3n) is 5.96. The van der Waals surface area contributed by atoms with E-state index in [0.29, 0.717) is 16.7 Å².